The molecule has 0 fully saturated rings. The molecule has 0 saturated carbocycles. The first-order valence-electron chi connectivity index (χ1n) is 8.39. The van der Waals surface area contributed by atoms with Crippen LogP contribution in [0, 0.1) is 0 Å². The summed E-state index contributed by atoms with van der Waals surface area (Å²) in [4.78, 5) is 12.0. The van der Waals surface area contributed by atoms with E-state index in [0.717, 1.165) is 0 Å². The molecule has 0 saturated heterocycles. The summed E-state index contributed by atoms with van der Waals surface area (Å²) in [6.45, 7) is -3.07. The highest BCUT2D eigenvalue weighted by Crippen LogP contribution is 2.29. The van der Waals surface area contributed by atoms with Gasteiger partial charge >= 0.3 is 12.6 Å². The van der Waals surface area contributed by atoms with Crippen molar-refractivity contribution in [2.75, 3.05) is 20.8 Å². The van der Waals surface area contributed by atoms with Crippen molar-refractivity contribution in [2.45, 2.75) is 19.3 Å². The van der Waals surface area contributed by atoms with Gasteiger partial charge in [0.2, 0.25) is 0 Å². The number of hydrogen-bond acceptors (Lipinski definition) is 5. The van der Waals surface area contributed by atoms with Gasteiger partial charge in [0.1, 0.15) is 23.4 Å². The SMILES string of the molecule is COc1ccc(OC)c(C(O)CNC(=O)NCc2ccccc2OC(F)F)c1. The van der Waals surface area contributed by atoms with E-state index in [1.54, 1.807) is 36.4 Å². The average Bonchev–Trinajstić information content (AvgIpc) is 2.70. The van der Waals surface area contributed by atoms with Crippen LogP contribution in [0.15, 0.2) is 42.5 Å². The van der Waals surface area contributed by atoms with E-state index in [0.29, 0.717) is 22.6 Å². The number of benzene rings is 2. The van der Waals surface area contributed by atoms with E-state index in [4.69, 9.17) is 9.47 Å². The average molecular weight is 396 g/mol. The molecule has 0 aliphatic carbocycles. The molecule has 7 nitrogen and oxygen atoms in total. The zero-order valence-electron chi connectivity index (χ0n) is 15.4. The fraction of sp³-hybridized carbons (Fsp3) is 0.316. The summed E-state index contributed by atoms with van der Waals surface area (Å²) >= 11 is 0. The Bertz CT molecular complexity index is 789. The smallest absolute Gasteiger partial charge is 0.387 e. The standard InChI is InChI=1S/C19H22F2N2O5/c1-26-13-7-8-17(27-2)14(9-13)15(24)11-23-19(25)22-10-12-5-3-4-6-16(12)28-18(20)21/h3-9,15,18,24H,10-11H2,1-2H3,(H2,22,23,25). The van der Waals surface area contributed by atoms with Gasteiger partial charge in [-0.15, -0.1) is 0 Å². The zero-order valence-corrected chi connectivity index (χ0v) is 15.4. The Morgan fingerprint density at radius 1 is 1.07 bits per heavy atom. The number of hydrogen-bond donors (Lipinski definition) is 3. The number of ether oxygens (including phenoxy) is 3. The van der Waals surface area contributed by atoms with Crippen LogP contribution in [-0.2, 0) is 6.54 Å². The van der Waals surface area contributed by atoms with Gasteiger partial charge in [0.05, 0.1) is 14.2 Å². The number of aliphatic hydroxyl groups excluding tert-OH is 1. The second kappa shape index (κ2) is 10.3. The van der Waals surface area contributed by atoms with Crippen LogP contribution in [0.1, 0.15) is 17.2 Å². The minimum atomic E-state index is -2.96. The number of carbonyl (C=O) groups is 1. The highest BCUT2D eigenvalue weighted by molar-refractivity contribution is 5.74. The number of amides is 2. The number of rotatable bonds is 9. The highest BCUT2D eigenvalue weighted by Gasteiger charge is 2.16. The summed E-state index contributed by atoms with van der Waals surface area (Å²) < 4.78 is 39.6. The molecule has 9 heteroatoms. The van der Waals surface area contributed by atoms with Gasteiger partial charge in [-0.3, -0.25) is 0 Å². The van der Waals surface area contributed by atoms with Crippen LogP contribution in [0.2, 0.25) is 0 Å². The normalized spacial score (nSPS) is 11.6. The van der Waals surface area contributed by atoms with E-state index in [9.17, 15) is 18.7 Å². The molecule has 0 aromatic heterocycles. The van der Waals surface area contributed by atoms with Crippen molar-refractivity contribution in [3.05, 3.63) is 53.6 Å². The van der Waals surface area contributed by atoms with Crippen LogP contribution < -0.4 is 24.8 Å². The van der Waals surface area contributed by atoms with E-state index in [2.05, 4.69) is 15.4 Å². The van der Waals surface area contributed by atoms with Gasteiger partial charge in [0, 0.05) is 24.2 Å². The van der Waals surface area contributed by atoms with Crippen molar-refractivity contribution >= 4 is 6.03 Å². The van der Waals surface area contributed by atoms with E-state index >= 15 is 0 Å². The number of methoxy groups -OCH3 is 2. The van der Waals surface area contributed by atoms with Gasteiger partial charge in [-0.25, -0.2) is 4.79 Å². The summed E-state index contributed by atoms with van der Waals surface area (Å²) in [6, 6.07) is 10.5. The molecular formula is C19H22F2N2O5. The molecular weight excluding hydrogens is 374 g/mol. The molecule has 0 bridgehead atoms. The van der Waals surface area contributed by atoms with Gasteiger partial charge in [0.25, 0.3) is 0 Å². The first kappa shape index (κ1) is 21.2. The lowest BCUT2D eigenvalue weighted by atomic mass is 10.1. The van der Waals surface area contributed by atoms with Gasteiger partial charge in [-0.2, -0.15) is 8.78 Å². The van der Waals surface area contributed by atoms with Crippen molar-refractivity contribution in [3.63, 3.8) is 0 Å². The summed E-state index contributed by atoms with van der Waals surface area (Å²) in [5.74, 6) is 0.975. The Balaban J connectivity index is 1.91. The van der Waals surface area contributed by atoms with Crippen molar-refractivity contribution in [1.29, 1.82) is 0 Å². The van der Waals surface area contributed by atoms with Gasteiger partial charge in [-0.1, -0.05) is 18.2 Å². The maximum atomic E-state index is 12.4. The molecule has 2 aromatic carbocycles. The van der Waals surface area contributed by atoms with E-state index < -0.39 is 18.7 Å². The Morgan fingerprint density at radius 2 is 1.82 bits per heavy atom. The second-order valence-electron chi connectivity index (χ2n) is 5.67. The predicted octanol–water partition coefficient (Wildman–Crippen LogP) is 2.84. The third-order valence-electron chi connectivity index (χ3n) is 3.88. The van der Waals surface area contributed by atoms with Crippen molar-refractivity contribution in [2.24, 2.45) is 0 Å². The molecule has 1 atom stereocenters. The molecule has 0 spiro atoms. The second-order valence-corrected chi connectivity index (χ2v) is 5.67. The number of urea groups is 1. The number of halogens is 2. The lowest BCUT2D eigenvalue weighted by molar-refractivity contribution is -0.0504. The van der Waals surface area contributed by atoms with Crippen LogP contribution in [0.25, 0.3) is 0 Å². The lowest BCUT2D eigenvalue weighted by Crippen LogP contribution is -2.37. The third-order valence-corrected chi connectivity index (χ3v) is 3.88. The van der Waals surface area contributed by atoms with E-state index in [1.165, 1.54) is 20.3 Å². The predicted molar refractivity (Wildman–Crippen MR) is 97.8 cm³/mol. The minimum Gasteiger partial charge on any atom is -0.497 e. The fourth-order valence-electron chi connectivity index (χ4n) is 2.50. The molecule has 2 amide bonds. The molecule has 2 rings (SSSR count). The molecule has 0 heterocycles. The quantitative estimate of drug-likeness (QED) is 0.607. The Labute approximate surface area is 161 Å². The summed E-state index contributed by atoms with van der Waals surface area (Å²) in [5, 5.41) is 15.4. The summed E-state index contributed by atoms with van der Waals surface area (Å²) in [6.07, 6.45) is -1.04. The van der Waals surface area contributed by atoms with E-state index in [1.807, 2.05) is 0 Å². The molecule has 3 N–H and O–H groups in total. The minimum absolute atomic E-state index is 0.0149. The molecule has 2 aromatic rings. The van der Waals surface area contributed by atoms with Crippen LogP contribution in [0.3, 0.4) is 0 Å². The van der Waals surface area contributed by atoms with Crippen LogP contribution in [0.4, 0.5) is 13.6 Å². The van der Waals surface area contributed by atoms with Crippen LogP contribution in [-0.4, -0.2) is 38.5 Å². The Kier molecular flexibility index (Phi) is 7.82. The third kappa shape index (κ3) is 5.98. The van der Waals surface area contributed by atoms with Crippen molar-refractivity contribution in [1.82, 2.24) is 10.6 Å². The number of para-hydroxylation sites is 1. The lowest BCUT2D eigenvalue weighted by Gasteiger charge is -2.17. The summed E-state index contributed by atoms with van der Waals surface area (Å²) in [7, 11) is 2.97. The maximum absolute atomic E-state index is 12.4. The summed E-state index contributed by atoms with van der Waals surface area (Å²) in [5.41, 5.74) is 0.853. The van der Waals surface area contributed by atoms with Crippen molar-refractivity contribution in [3.8, 4) is 17.2 Å². The molecule has 0 radical (unpaired) electrons. The number of nitrogens with one attached hydrogen (secondary N) is 2. The molecule has 0 aliphatic rings. The highest BCUT2D eigenvalue weighted by atomic mass is 19.3. The fourth-order valence-corrected chi connectivity index (χ4v) is 2.50. The van der Waals surface area contributed by atoms with Gasteiger partial charge in [-0.05, 0) is 24.3 Å². The van der Waals surface area contributed by atoms with Gasteiger partial charge in [0.15, 0.2) is 0 Å². The molecule has 152 valence electrons. The first-order valence-corrected chi connectivity index (χ1v) is 8.39. The Hall–Kier alpha value is -3.07. The van der Waals surface area contributed by atoms with E-state index in [-0.39, 0.29) is 18.8 Å². The largest absolute Gasteiger partial charge is 0.497 e. The topological polar surface area (TPSA) is 89.0 Å². The molecule has 1 unspecified atom stereocenters. The number of alkyl halides is 2. The van der Waals surface area contributed by atoms with Crippen LogP contribution in [0.5, 0.6) is 17.2 Å². The first-order chi connectivity index (χ1) is 13.4. The number of carbonyl (C=O) groups excluding carboxylic acids is 1. The Morgan fingerprint density at radius 3 is 2.50 bits per heavy atom. The van der Waals surface area contributed by atoms with Gasteiger partial charge < -0.3 is 30.0 Å². The monoisotopic (exact) mass is 396 g/mol. The van der Waals surface area contributed by atoms with Crippen molar-refractivity contribution < 1.29 is 32.9 Å². The molecule has 28 heavy (non-hydrogen) atoms. The number of aliphatic hydroxyl groups is 1. The molecule has 0 aliphatic heterocycles. The van der Waals surface area contributed by atoms with Crippen LogP contribution >= 0.6 is 0 Å². The zero-order chi connectivity index (χ0) is 20.5. The maximum Gasteiger partial charge on any atom is 0.387 e.